The van der Waals surface area contributed by atoms with E-state index in [0.717, 1.165) is 5.56 Å². The summed E-state index contributed by atoms with van der Waals surface area (Å²) in [5.74, 6) is 0. The standard InChI is InChI=1S/C13H21NO2S/c1-13(2,3)12(14-4)10-7-6-8-11(9-10)17(5,15)16/h6-9,12,14H,1-5H3. The van der Waals surface area contributed by atoms with Crippen LogP contribution in [0.5, 0.6) is 0 Å². The van der Waals surface area contributed by atoms with Gasteiger partial charge in [0.1, 0.15) is 0 Å². The molecular weight excluding hydrogens is 234 g/mol. The summed E-state index contributed by atoms with van der Waals surface area (Å²) in [7, 11) is -1.25. The Morgan fingerprint density at radius 1 is 1.24 bits per heavy atom. The smallest absolute Gasteiger partial charge is 0.175 e. The molecule has 0 saturated carbocycles. The van der Waals surface area contributed by atoms with Crippen LogP contribution in [0, 0.1) is 5.41 Å². The van der Waals surface area contributed by atoms with Crippen molar-refractivity contribution in [1.29, 1.82) is 0 Å². The van der Waals surface area contributed by atoms with Crippen molar-refractivity contribution in [1.82, 2.24) is 5.32 Å². The molecule has 0 fully saturated rings. The van der Waals surface area contributed by atoms with Crippen molar-refractivity contribution in [3.05, 3.63) is 29.8 Å². The maximum Gasteiger partial charge on any atom is 0.175 e. The van der Waals surface area contributed by atoms with Crippen molar-refractivity contribution < 1.29 is 8.42 Å². The minimum absolute atomic E-state index is 0.0326. The summed E-state index contributed by atoms with van der Waals surface area (Å²) in [6.45, 7) is 6.38. The monoisotopic (exact) mass is 255 g/mol. The van der Waals surface area contributed by atoms with E-state index in [1.165, 1.54) is 6.26 Å². The SMILES string of the molecule is CNC(c1cccc(S(C)(=O)=O)c1)C(C)(C)C. The Morgan fingerprint density at radius 3 is 2.24 bits per heavy atom. The van der Waals surface area contributed by atoms with Crippen LogP contribution in [0.1, 0.15) is 32.4 Å². The van der Waals surface area contributed by atoms with E-state index in [9.17, 15) is 8.42 Å². The molecule has 0 aliphatic heterocycles. The van der Waals surface area contributed by atoms with Crippen LogP contribution in [0.4, 0.5) is 0 Å². The highest BCUT2D eigenvalue weighted by Crippen LogP contribution is 2.33. The van der Waals surface area contributed by atoms with E-state index in [4.69, 9.17) is 0 Å². The van der Waals surface area contributed by atoms with E-state index in [2.05, 4.69) is 26.1 Å². The van der Waals surface area contributed by atoms with Crippen LogP contribution in [0.2, 0.25) is 0 Å². The quantitative estimate of drug-likeness (QED) is 0.902. The molecule has 1 atom stereocenters. The van der Waals surface area contributed by atoms with Crippen LogP contribution in [-0.4, -0.2) is 21.7 Å². The topological polar surface area (TPSA) is 46.2 Å². The van der Waals surface area contributed by atoms with Crippen molar-refractivity contribution in [3.63, 3.8) is 0 Å². The average Bonchev–Trinajstić information content (AvgIpc) is 2.15. The molecule has 0 spiro atoms. The van der Waals surface area contributed by atoms with Gasteiger partial charge in [0.15, 0.2) is 9.84 Å². The summed E-state index contributed by atoms with van der Waals surface area (Å²) in [5, 5.41) is 3.24. The molecule has 3 nitrogen and oxygen atoms in total. The second-order valence-corrected chi connectivity index (χ2v) is 7.45. The van der Waals surface area contributed by atoms with Gasteiger partial charge in [-0.2, -0.15) is 0 Å². The number of sulfone groups is 1. The summed E-state index contributed by atoms with van der Waals surface area (Å²) in [6.07, 6.45) is 1.23. The van der Waals surface area contributed by atoms with Crippen LogP contribution in [-0.2, 0) is 9.84 Å². The third-order valence-electron chi connectivity index (χ3n) is 2.77. The zero-order valence-corrected chi connectivity index (χ0v) is 11.9. The van der Waals surface area contributed by atoms with E-state index in [1.807, 2.05) is 13.1 Å². The number of hydrogen-bond acceptors (Lipinski definition) is 3. The zero-order valence-electron chi connectivity index (χ0n) is 11.1. The van der Waals surface area contributed by atoms with Crippen LogP contribution in [0.15, 0.2) is 29.2 Å². The molecule has 0 aromatic heterocycles. The van der Waals surface area contributed by atoms with E-state index in [-0.39, 0.29) is 11.5 Å². The minimum atomic E-state index is -3.14. The molecule has 0 aliphatic rings. The average molecular weight is 255 g/mol. The van der Waals surface area contributed by atoms with Crippen molar-refractivity contribution in [3.8, 4) is 0 Å². The van der Waals surface area contributed by atoms with Crippen molar-refractivity contribution in [2.45, 2.75) is 31.7 Å². The van der Waals surface area contributed by atoms with Crippen LogP contribution in [0.25, 0.3) is 0 Å². The number of benzene rings is 1. The maximum absolute atomic E-state index is 11.5. The lowest BCUT2D eigenvalue weighted by atomic mass is 9.82. The lowest BCUT2D eigenvalue weighted by Gasteiger charge is -2.31. The van der Waals surface area contributed by atoms with Crippen molar-refractivity contribution in [2.75, 3.05) is 13.3 Å². The molecule has 0 aliphatic carbocycles. The second-order valence-electron chi connectivity index (χ2n) is 5.43. The molecule has 0 bridgehead atoms. The Kier molecular flexibility index (Phi) is 3.99. The van der Waals surface area contributed by atoms with Gasteiger partial charge in [0.2, 0.25) is 0 Å². The number of hydrogen-bond donors (Lipinski definition) is 1. The Bertz CT molecular complexity index is 486. The molecule has 0 amide bonds. The first-order chi connectivity index (χ1) is 7.66. The van der Waals surface area contributed by atoms with Gasteiger partial charge in [-0.1, -0.05) is 32.9 Å². The predicted octanol–water partition coefficient (Wildman–Crippen LogP) is 2.40. The molecule has 1 aromatic carbocycles. The Hall–Kier alpha value is -0.870. The van der Waals surface area contributed by atoms with E-state index < -0.39 is 9.84 Å². The third-order valence-corrected chi connectivity index (χ3v) is 3.88. The Morgan fingerprint density at radius 2 is 1.82 bits per heavy atom. The first-order valence-corrected chi connectivity index (χ1v) is 7.52. The van der Waals surface area contributed by atoms with Crippen molar-refractivity contribution in [2.24, 2.45) is 5.41 Å². The van der Waals surface area contributed by atoms with Gasteiger partial charge in [-0.05, 0) is 30.2 Å². The highest BCUT2D eigenvalue weighted by Gasteiger charge is 2.25. The largest absolute Gasteiger partial charge is 0.313 e. The number of nitrogens with one attached hydrogen (secondary N) is 1. The summed E-state index contributed by atoms with van der Waals surface area (Å²) in [5.41, 5.74) is 1.04. The van der Waals surface area contributed by atoms with Crippen molar-refractivity contribution >= 4 is 9.84 Å². The van der Waals surface area contributed by atoms with E-state index in [0.29, 0.717) is 4.90 Å². The first-order valence-electron chi connectivity index (χ1n) is 5.63. The molecule has 0 radical (unpaired) electrons. The van der Waals surface area contributed by atoms with Gasteiger partial charge in [0.05, 0.1) is 4.90 Å². The van der Waals surface area contributed by atoms with Gasteiger partial charge in [-0.25, -0.2) is 8.42 Å². The third kappa shape index (κ3) is 3.54. The fourth-order valence-electron chi connectivity index (χ4n) is 2.02. The fourth-order valence-corrected chi connectivity index (χ4v) is 2.70. The molecule has 1 unspecified atom stereocenters. The number of rotatable bonds is 3. The molecule has 1 rings (SSSR count). The summed E-state index contributed by atoms with van der Waals surface area (Å²) in [4.78, 5) is 0.375. The fraction of sp³-hybridized carbons (Fsp3) is 0.538. The highest BCUT2D eigenvalue weighted by atomic mass is 32.2. The zero-order chi connectivity index (χ0) is 13.3. The summed E-state index contributed by atoms with van der Waals surface area (Å²) in [6, 6.07) is 7.27. The molecular formula is C13H21NO2S. The van der Waals surface area contributed by atoms with Crippen LogP contribution >= 0.6 is 0 Å². The minimum Gasteiger partial charge on any atom is -0.313 e. The van der Waals surface area contributed by atoms with Gasteiger partial charge in [0, 0.05) is 12.3 Å². The second kappa shape index (κ2) is 4.78. The lowest BCUT2D eigenvalue weighted by Crippen LogP contribution is -2.29. The van der Waals surface area contributed by atoms with Gasteiger partial charge >= 0.3 is 0 Å². The molecule has 17 heavy (non-hydrogen) atoms. The normalized spacial score (nSPS) is 14.6. The van der Waals surface area contributed by atoms with E-state index >= 15 is 0 Å². The van der Waals surface area contributed by atoms with Crippen LogP contribution in [0.3, 0.4) is 0 Å². The predicted molar refractivity (Wildman–Crippen MR) is 70.8 cm³/mol. The van der Waals surface area contributed by atoms with Gasteiger partial charge in [0.25, 0.3) is 0 Å². The van der Waals surface area contributed by atoms with Gasteiger partial charge in [-0.15, -0.1) is 0 Å². The van der Waals surface area contributed by atoms with E-state index in [1.54, 1.807) is 18.2 Å². The molecule has 1 aromatic rings. The Labute approximate surface area is 104 Å². The van der Waals surface area contributed by atoms with Gasteiger partial charge < -0.3 is 5.32 Å². The molecule has 0 heterocycles. The summed E-state index contributed by atoms with van der Waals surface area (Å²) < 4.78 is 23.1. The summed E-state index contributed by atoms with van der Waals surface area (Å²) >= 11 is 0. The van der Waals surface area contributed by atoms with Gasteiger partial charge in [-0.3, -0.25) is 0 Å². The molecule has 96 valence electrons. The molecule has 4 heteroatoms. The maximum atomic E-state index is 11.5. The first kappa shape index (κ1) is 14.2. The van der Waals surface area contributed by atoms with Crippen LogP contribution < -0.4 is 5.32 Å². The molecule has 1 N–H and O–H groups in total. The lowest BCUT2D eigenvalue weighted by molar-refractivity contribution is 0.286. The Balaban J connectivity index is 3.24. The highest BCUT2D eigenvalue weighted by molar-refractivity contribution is 7.90. The molecule has 0 saturated heterocycles.